The molecule has 0 bridgehead atoms. The van der Waals surface area contributed by atoms with Crippen LogP contribution in [0, 0.1) is 17.8 Å². The van der Waals surface area contributed by atoms with Crippen LogP contribution in [-0.2, 0) is 4.79 Å². The average Bonchev–Trinajstić information content (AvgIpc) is 3.19. The van der Waals surface area contributed by atoms with E-state index >= 15 is 0 Å². The summed E-state index contributed by atoms with van der Waals surface area (Å²) < 4.78 is 0.679. The summed E-state index contributed by atoms with van der Waals surface area (Å²) in [6.07, 6.45) is 2.16. The molecule has 1 N–H and O–H groups in total. The third-order valence-electron chi connectivity index (χ3n) is 4.36. The molecule has 1 aromatic rings. The highest BCUT2D eigenvalue weighted by molar-refractivity contribution is 9.10. The molecular formula is C15H15BrClNO3. The first-order valence-corrected chi connectivity index (χ1v) is 8.11. The third kappa shape index (κ3) is 2.94. The minimum absolute atomic E-state index is 0.0874. The molecule has 3 rings (SSSR count). The van der Waals surface area contributed by atoms with Crippen LogP contribution in [0.25, 0.3) is 0 Å². The molecule has 21 heavy (non-hydrogen) atoms. The molecule has 0 aromatic heterocycles. The van der Waals surface area contributed by atoms with Crippen LogP contribution in [0.4, 0.5) is 0 Å². The lowest BCUT2D eigenvalue weighted by Gasteiger charge is -2.17. The maximum absolute atomic E-state index is 12.6. The summed E-state index contributed by atoms with van der Waals surface area (Å²) in [5.41, 5.74) is 0.489. The van der Waals surface area contributed by atoms with Gasteiger partial charge in [-0.05, 0) is 58.8 Å². The molecule has 0 radical (unpaired) electrons. The van der Waals surface area contributed by atoms with Gasteiger partial charge in [0.2, 0.25) is 0 Å². The second-order valence-corrected chi connectivity index (χ2v) is 7.07. The number of benzene rings is 1. The molecule has 0 unspecified atom stereocenters. The Hall–Kier alpha value is -1.07. The second kappa shape index (κ2) is 5.61. The van der Waals surface area contributed by atoms with Gasteiger partial charge in [0, 0.05) is 22.6 Å². The van der Waals surface area contributed by atoms with Crippen molar-refractivity contribution in [3.63, 3.8) is 0 Å². The first-order chi connectivity index (χ1) is 9.97. The Morgan fingerprint density at radius 2 is 2.00 bits per heavy atom. The summed E-state index contributed by atoms with van der Waals surface area (Å²) in [7, 11) is 0. The molecule has 2 aliphatic rings. The predicted octanol–water partition coefficient (Wildman–Crippen LogP) is 3.29. The number of carbonyl (C=O) groups excluding carboxylic acids is 1. The number of rotatable bonds is 3. The van der Waals surface area contributed by atoms with Gasteiger partial charge in [-0.2, -0.15) is 0 Å². The van der Waals surface area contributed by atoms with Crippen molar-refractivity contribution < 1.29 is 14.7 Å². The highest BCUT2D eigenvalue weighted by Crippen LogP contribution is 2.44. The molecule has 1 aliphatic heterocycles. The van der Waals surface area contributed by atoms with E-state index < -0.39 is 11.9 Å². The van der Waals surface area contributed by atoms with E-state index in [9.17, 15) is 14.7 Å². The minimum atomic E-state index is -0.799. The van der Waals surface area contributed by atoms with Gasteiger partial charge in [0.1, 0.15) is 0 Å². The SMILES string of the molecule is O=C(O)[C@H]1CN(C(=O)c2cc(Cl)ccc2Br)C[C@@H]1C1CC1. The number of carboxylic acids is 1. The number of nitrogens with zero attached hydrogens (tertiary/aromatic N) is 1. The van der Waals surface area contributed by atoms with Crippen molar-refractivity contribution in [3.05, 3.63) is 33.3 Å². The van der Waals surface area contributed by atoms with E-state index in [1.54, 1.807) is 23.1 Å². The van der Waals surface area contributed by atoms with Crippen molar-refractivity contribution in [2.45, 2.75) is 12.8 Å². The van der Waals surface area contributed by atoms with Crippen LogP contribution in [0.1, 0.15) is 23.2 Å². The quantitative estimate of drug-likeness (QED) is 0.886. The number of halogens is 2. The van der Waals surface area contributed by atoms with Crippen molar-refractivity contribution in [2.24, 2.45) is 17.8 Å². The van der Waals surface area contributed by atoms with Gasteiger partial charge in [0.15, 0.2) is 0 Å². The molecule has 1 saturated heterocycles. The van der Waals surface area contributed by atoms with E-state index in [0.717, 1.165) is 12.8 Å². The van der Waals surface area contributed by atoms with Gasteiger partial charge < -0.3 is 10.0 Å². The largest absolute Gasteiger partial charge is 0.481 e. The lowest BCUT2D eigenvalue weighted by molar-refractivity contribution is -0.142. The lowest BCUT2D eigenvalue weighted by atomic mass is 9.92. The summed E-state index contributed by atoms with van der Waals surface area (Å²) in [5.74, 6) is -0.846. The molecule has 4 nitrogen and oxygen atoms in total. The van der Waals surface area contributed by atoms with Gasteiger partial charge in [-0.1, -0.05) is 11.6 Å². The Labute approximate surface area is 136 Å². The molecule has 0 spiro atoms. The Morgan fingerprint density at radius 3 is 2.62 bits per heavy atom. The first-order valence-electron chi connectivity index (χ1n) is 6.94. The van der Waals surface area contributed by atoms with E-state index in [-0.39, 0.29) is 18.4 Å². The number of hydrogen-bond donors (Lipinski definition) is 1. The number of aliphatic carboxylic acids is 1. The molecule has 1 aliphatic carbocycles. The summed E-state index contributed by atoms with van der Waals surface area (Å²) in [4.78, 5) is 25.7. The van der Waals surface area contributed by atoms with Gasteiger partial charge >= 0.3 is 5.97 Å². The Balaban J connectivity index is 1.82. The molecule has 1 saturated carbocycles. The number of carbonyl (C=O) groups is 2. The molecule has 6 heteroatoms. The van der Waals surface area contributed by atoms with E-state index in [4.69, 9.17) is 11.6 Å². The Morgan fingerprint density at radius 1 is 1.29 bits per heavy atom. The zero-order valence-electron chi connectivity index (χ0n) is 11.3. The standard InChI is InChI=1S/C15H15BrClNO3/c16-13-4-3-9(17)5-10(13)14(19)18-6-11(8-1-2-8)12(7-18)15(20)21/h3-5,8,11-12H,1-2,6-7H2,(H,20,21)/t11-,12+/m1/s1. The highest BCUT2D eigenvalue weighted by Gasteiger charge is 2.47. The van der Waals surface area contributed by atoms with Crippen LogP contribution in [0.2, 0.25) is 5.02 Å². The fraction of sp³-hybridized carbons (Fsp3) is 0.467. The predicted molar refractivity (Wildman–Crippen MR) is 82.4 cm³/mol. The number of carboxylic acid groups (broad SMARTS) is 1. The fourth-order valence-corrected chi connectivity index (χ4v) is 3.68. The molecule has 1 aromatic carbocycles. The topological polar surface area (TPSA) is 57.6 Å². The second-order valence-electron chi connectivity index (χ2n) is 5.78. The van der Waals surface area contributed by atoms with Gasteiger partial charge in [-0.15, -0.1) is 0 Å². The zero-order chi connectivity index (χ0) is 15.1. The summed E-state index contributed by atoms with van der Waals surface area (Å²) in [6, 6.07) is 5.06. The van der Waals surface area contributed by atoms with Crippen molar-refractivity contribution >= 4 is 39.4 Å². The maximum Gasteiger partial charge on any atom is 0.308 e. The van der Waals surface area contributed by atoms with Crippen LogP contribution in [0.5, 0.6) is 0 Å². The smallest absolute Gasteiger partial charge is 0.308 e. The van der Waals surface area contributed by atoms with Crippen molar-refractivity contribution in [1.82, 2.24) is 4.90 Å². The average molecular weight is 373 g/mol. The normalized spacial score (nSPS) is 25.1. The molecule has 2 fully saturated rings. The van der Waals surface area contributed by atoms with Crippen LogP contribution in [-0.4, -0.2) is 35.0 Å². The molecule has 1 heterocycles. The van der Waals surface area contributed by atoms with E-state index in [0.29, 0.717) is 27.5 Å². The molecular weight excluding hydrogens is 358 g/mol. The third-order valence-corrected chi connectivity index (χ3v) is 5.28. The van der Waals surface area contributed by atoms with Crippen molar-refractivity contribution in [3.8, 4) is 0 Å². The highest BCUT2D eigenvalue weighted by atomic mass is 79.9. The monoisotopic (exact) mass is 371 g/mol. The molecule has 2 atom stereocenters. The molecule has 112 valence electrons. The van der Waals surface area contributed by atoms with Gasteiger partial charge in [-0.25, -0.2) is 0 Å². The lowest BCUT2D eigenvalue weighted by Crippen LogP contribution is -2.30. The fourth-order valence-electron chi connectivity index (χ4n) is 3.09. The van der Waals surface area contributed by atoms with Crippen LogP contribution in [0.3, 0.4) is 0 Å². The first kappa shape index (κ1) is 14.9. The van der Waals surface area contributed by atoms with Gasteiger partial charge in [0.25, 0.3) is 5.91 Å². The van der Waals surface area contributed by atoms with E-state index in [1.807, 2.05) is 0 Å². The van der Waals surface area contributed by atoms with Gasteiger partial charge in [-0.3, -0.25) is 9.59 Å². The molecule has 1 amide bonds. The summed E-state index contributed by atoms with van der Waals surface area (Å²) >= 11 is 9.31. The summed E-state index contributed by atoms with van der Waals surface area (Å²) in [6.45, 7) is 0.813. The number of hydrogen-bond acceptors (Lipinski definition) is 2. The van der Waals surface area contributed by atoms with Crippen LogP contribution in [0.15, 0.2) is 22.7 Å². The van der Waals surface area contributed by atoms with Crippen molar-refractivity contribution in [2.75, 3.05) is 13.1 Å². The maximum atomic E-state index is 12.6. The number of likely N-dealkylation sites (tertiary alicyclic amines) is 1. The Kier molecular flexibility index (Phi) is 3.97. The van der Waals surface area contributed by atoms with E-state index in [2.05, 4.69) is 15.9 Å². The minimum Gasteiger partial charge on any atom is -0.481 e. The Bertz CT molecular complexity index is 603. The zero-order valence-corrected chi connectivity index (χ0v) is 13.6. The van der Waals surface area contributed by atoms with Crippen LogP contribution < -0.4 is 0 Å². The van der Waals surface area contributed by atoms with Crippen LogP contribution >= 0.6 is 27.5 Å². The summed E-state index contributed by atoms with van der Waals surface area (Å²) in [5, 5.41) is 9.86. The van der Waals surface area contributed by atoms with Crippen molar-refractivity contribution in [1.29, 1.82) is 0 Å². The van der Waals surface area contributed by atoms with Gasteiger partial charge in [0.05, 0.1) is 11.5 Å². The number of amides is 1. The van der Waals surface area contributed by atoms with E-state index in [1.165, 1.54) is 0 Å².